The molecule has 1 amide bonds. The van der Waals surface area contributed by atoms with Gasteiger partial charge >= 0.3 is 0 Å². The number of likely N-dealkylation sites (N-methyl/N-ethyl adjacent to an activating group) is 1. The fourth-order valence-electron chi connectivity index (χ4n) is 7.86. The Labute approximate surface area is 254 Å². The van der Waals surface area contributed by atoms with E-state index in [1.165, 1.54) is 12.3 Å². The van der Waals surface area contributed by atoms with Gasteiger partial charge in [-0.3, -0.25) is 14.4 Å². The molecular weight excluding hydrogens is 550 g/mol. The summed E-state index contributed by atoms with van der Waals surface area (Å²) in [4.78, 5) is 18.9. The Bertz CT molecular complexity index is 1430. The van der Waals surface area contributed by atoms with Crippen molar-refractivity contribution in [3.05, 3.63) is 40.6 Å². The lowest BCUT2D eigenvalue weighted by molar-refractivity contribution is -0.149. The molecular formula is C32H44ClN7O2. The topological polar surface area (TPSA) is 104 Å². The number of carbonyl (C=O) groups is 1. The summed E-state index contributed by atoms with van der Waals surface area (Å²) in [5.74, 6) is 0.925. The van der Waals surface area contributed by atoms with Crippen molar-refractivity contribution < 1.29 is 9.53 Å². The number of likely N-dealkylation sites (tertiary alicyclic amines) is 1. The fraction of sp³-hybridized carbons (Fsp3) is 0.594. The van der Waals surface area contributed by atoms with Gasteiger partial charge in [0, 0.05) is 70.9 Å². The lowest BCUT2D eigenvalue weighted by Gasteiger charge is -2.58. The largest absolute Gasteiger partial charge is 0.398 e. The number of rotatable bonds is 7. The average Bonchev–Trinajstić information content (AvgIpc) is 3.18. The van der Waals surface area contributed by atoms with Gasteiger partial charge in [-0.1, -0.05) is 18.2 Å². The van der Waals surface area contributed by atoms with Crippen LogP contribution in [0.15, 0.2) is 18.7 Å². The van der Waals surface area contributed by atoms with Crippen molar-refractivity contribution in [3.63, 3.8) is 0 Å². The number of aryl methyl sites for hydroxylation is 1. The van der Waals surface area contributed by atoms with E-state index in [-0.39, 0.29) is 22.9 Å². The summed E-state index contributed by atoms with van der Waals surface area (Å²) in [7, 11) is 2.23. The maximum Gasteiger partial charge on any atom is 0.245 e. The summed E-state index contributed by atoms with van der Waals surface area (Å²) in [6.45, 7) is 16.4. The smallest absolute Gasteiger partial charge is 0.245 e. The van der Waals surface area contributed by atoms with Gasteiger partial charge in [0.2, 0.25) is 5.91 Å². The molecule has 1 spiro atoms. The third kappa shape index (κ3) is 4.55. The summed E-state index contributed by atoms with van der Waals surface area (Å²) < 4.78 is 7.67. The normalized spacial score (nSPS) is 23.5. The van der Waals surface area contributed by atoms with Gasteiger partial charge in [-0.15, -0.1) is 0 Å². The molecule has 1 aliphatic carbocycles. The Hall–Kier alpha value is -2.88. The molecule has 9 nitrogen and oxygen atoms in total. The van der Waals surface area contributed by atoms with E-state index in [0.717, 1.165) is 86.7 Å². The standard InChI is InChI=1S/C32H44ClN7O2/c1-7-26(41)38-17-32(18-38)12-22(13-32)40-20(3)27(28-24(14-34)25(35)10-19(2)29(28)33)30(36-40)39-9-8-21(11-31(39,4)5)37(6)23-15-42-16-23/h7,10,14,21-23,34H,1,8-9,11-13,15-18,35H2,2-6H3. The molecule has 3 aliphatic heterocycles. The first-order valence-electron chi connectivity index (χ1n) is 15.1. The van der Waals surface area contributed by atoms with Gasteiger partial charge in [0.05, 0.1) is 30.3 Å². The lowest BCUT2D eigenvalue weighted by atomic mass is 9.60. The molecule has 1 aromatic heterocycles. The summed E-state index contributed by atoms with van der Waals surface area (Å²) in [5, 5.41) is 14.3. The number of hydrogen-bond donors (Lipinski definition) is 2. The number of ether oxygens (including phenoxy) is 1. The molecule has 4 fully saturated rings. The van der Waals surface area contributed by atoms with E-state index in [2.05, 4.69) is 48.9 Å². The molecule has 1 saturated carbocycles. The van der Waals surface area contributed by atoms with Crippen LogP contribution in [-0.2, 0) is 9.53 Å². The van der Waals surface area contributed by atoms with Crippen molar-refractivity contribution in [2.24, 2.45) is 5.41 Å². The Morgan fingerprint density at radius 2 is 1.90 bits per heavy atom. The molecule has 3 saturated heterocycles. The molecule has 3 N–H and O–H groups in total. The third-order valence-electron chi connectivity index (χ3n) is 10.4. The van der Waals surface area contributed by atoms with Gasteiger partial charge in [-0.05, 0) is 78.1 Å². The number of nitrogens with one attached hydrogen (secondary N) is 1. The number of benzene rings is 1. The van der Waals surface area contributed by atoms with Crippen LogP contribution in [0, 0.1) is 24.7 Å². The second-order valence-electron chi connectivity index (χ2n) is 13.7. The first-order valence-corrected chi connectivity index (χ1v) is 15.4. The number of nitrogen functional groups attached to an aromatic ring is 1. The van der Waals surface area contributed by atoms with E-state index >= 15 is 0 Å². The number of anilines is 2. The molecule has 226 valence electrons. The first kappa shape index (κ1) is 29.2. The Morgan fingerprint density at radius 3 is 2.48 bits per heavy atom. The van der Waals surface area contributed by atoms with E-state index in [9.17, 15) is 4.79 Å². The molecule has 4 heterocycles. The predicted molar refractivity (Wildman–Crippen MR) is 169 cm³/mol. The SMILES string of the molecule is C=CC(=O)N1CC2(CC(n3nc(N4CCC(N(C)C5COC5)CC4(C)C)c(-c4c(Cl)c(C)cc(N)c4C=N)c3C)C2)C1. The molecule has 10 heteroatoms. The monoisotopic (exact) mass is 593 g/mol. The molecule has 1 aromatic carbocycles. The molecule has 2 aromatic rings. The van der Waals surface area contributed by atoms with Crippen LogP contribution in [0.5, 0.6) is 0 Å². The molecule has 4 aliphatic rings. The quantitative estimate of drug-likeness (QED) is 0.271. The lowest BCUT2D eigenvalue weighted by Crippen LogP contribution is -2.63. The summed E-state index contributed by atoms with van der Waals surface area (Å²) in [5.41, 5.74) is 11.4. The van der Waals surface area contributed by atoms with Gasteiger partial charge < -0.3 is 25.7 Å². The maximum absolute atomic E-state index is 12.1. The van der Waals surface area contributed by atoms with Crippen molar-refractivity contribution in [1.82, 2.24) is 19.6 Å². The minimum Gasteiger partial charge on any atom is -0.398 e. The van der Waals surface area contributed by atoms with Crippen LogP contribution in [0.1, 0.15) is 62.4 Å². The molecule has 0 radical (unpaired) electrons. The Morgan fingerprint density at radius 1 is 1.21 bits per heavy atom. The van der Waals surface area contributed by atoms with Crippen molar-refractivity contribution >= 4 is 35.2 Å². The van der Waals surface area contributed by atoms with E-state index in [4.69, 9.17) is 32.6 Å². The van der Waals surface area contributed by atoms with Crippen LogP contribution in [-0.4, -0.2) is 89.2 Å². The number of halogens is 1. The number of piperidine rings is 1. The zero-order valence-corrected chi connectivity index (χ0v) is 26.3. The molecule has 42 heavy (non-hydrogen) atoms. The zero-order valence-electron chi connectivity index (χ0n) is 25.5. The van der Waals surface area contributed by atoms with Crippen LogP contribution in [0.25, 0.3) is 11.1 Å². The van der Waals surface area contributed by atoms with E-state index in [1.807, 2.05) is 17.9 Å². The van der Waals surface area contributed by atoms with Gasteiger partial charge in [-0.2, -0.15) is 5.10 Å². The van der Waals surface area contributed by atoms with E-state index in [1.54, 1.807) is 0 Å². The van der Waals surface area contributed by atoms with Crippen LogP contribution in [0.4, 0.5) is 11.5 Å². The van der Waals surface area contributed by atoms with E-state index < -0.39 is 0 Å². The highest BCUT2D eigenvalue weighted by molar-refractivity contribution is 6.35. The fourth-order valence-corrected chi connectivity index (χ4v) is 8.11. The Balaban J connectivity index is 1.38. The number of carbonyl (C=O) groups excluding carboxylic acids is 1. The van der Waals surface area contributed by atoms with Gasteiger partial charge in [0.15, 0.2) is 5.82 Å². The van der Waals surface area contributed by atoms with Crippen molar-refractivity contribution in [1.29, 1.82) is 5.41 Å². The van der Waals surface area contributed by atoms with Crippen molar-refractivity contribution in [2.75, 3.05) is 50.5 Å². The van der Waals surface area contributed by atoms with Crippen LogP contribution >= 0.6 is 11.6 Å². The number of aromatic nitrogens is 2. The van der Waals surface area contributed by atoms with Crippen LogP contribution < -0.4 is 10.6 Å². The summed E-state index contributed by atoms with van der Waals surface area (Å²) in [6, 6.07) is 3.06. The van der Waals surface area contributed by atoms with Crippen LogP contribution in [0.3, 0.4) is 0 Å². The number of amides is 1. The molecule has 0 bridgehead atoms. The van der Waals surface area contributed by atoms with Gasteiger partial charge in [0.25, 0.3) is 0 Å². The minimum absolute atomic E-state index is 0.0101. The number of nitrogens with zero attached hydrogens (tertiary/aromatic N) is 5. The predicted octanol–water partition coefficient (Wildman–Crippen LogP) is 4.83. The maximum atomic E-state index is 12.1. The Kier molecular flexibility index (Phi) is 7.22. The first-order chi connectivity index (χ1) is 19.9. The summed E-state index contributed by atoms with van der Waals surface area (Å²) >= 11 is 7.05. The average molecular weight is 594 g/mol. The summed E-state index contributed by atoms with van der Waals surface area (Å²) in [6.07, 6.45) is 6.72. The second kappa shape index (κ2) is 10.4. The molecule has 1 unspecified atom stereocenters. The van der Waals surface area contributed by atoms with Gasteiger partial charge in [-0.25, -0.2) is 0 Å². The molecule has 6 rings (SSSR count). The highest BCUT2D eigenvalue weighted by Gasteiger charge is 2.55. The highest BCUT2D eigenvalue weighted by Crippen LogP contribution is 2.56. The number of hydrogen-bond acceptors (Lipinski definition) is 7. The number of nitrogens with two attached hydrogens (primary N) is 1. The zero-order chi connectivity index (χ0) is 30.1. The van der Waals surface area contributed by atoms with Gasteiger partial charge in [0.1, 0.15) is 0 Å². The molecule has 1 atom stereocenters. The van der Waals surface area contributed by atoms with Crippen molar-refractivity contribution in [2.45, 2.75) is 77.0 Å². The van der Waals surface area contributed by atoms with Crippen LogP contribution in [0.2, 0.25) is 5.02 Å². The second-order valence-corrected chi connectivity index (χ2v) is 14.1. The third-order valence-corrected chi connectivity index (χ3v) is 10.9. The minimum atomic E-state index is -0.158. The highest BCUT2D eigenvalue weighted by atomic mass is 35.5. The van der Waals surface area contributed by atoms with E-state index in [0.29, 0.717) is 28.4 Å². The van der Waals surface area contributed by atoms with Crippen molar-refractivity contribution in [3.8, 4) is 11.1 Å².